The second-order valence-electron chi connectivity index (χ2n) is 7.27. The van der Waals surface area contributed by atoms with E-state index in [1.165, 1.54) is 16.3 Å². The minimum absolute atomic E-state index is 0. The summed E-state index contributed by atoms with van der Waals surface area (Å²) in [7, 11) is 0. The van der Waals surface area contributed by atoms with Crippen LogP contribution in [0.25, 0.3) is 10.8 Å². The Morgan fingerprint density at radius 1 is 1.08 bits per heavy atom. The van der Waals surface area contributed by atoms with Crippen molar-refractivity contribution in [3.05, 3.63) is 48.0 Å². The molecule has 1 amide bonds. The average Bonchev–Trinajstić information content (AvgIpc) is 3.46. The summed E-state index contributed by atoms with van der Waals surface area (Å²) >= 11 is 0. The highest BCUT2D eigenvalue weighted by molar-refractivity contribution is 5.85. The first-order chi connectivity index (χ1) is 12.2. The van der Waals surface area contributed by atoms with Gasteiger partial charge in [0.05, 0.1) is 6.04 Å². The summed E-state index contributed by atoms with van der Waals surface area (Å²) in [6.45, 7) is 2.93. The maximum Gasteiger partial charge on any atom is 0.223 e. The van der Waals surface area contributed by atoms with E-state index in [0.29, 0.717) is 18.4 Å². The van der Waals surface area contributed by atoms with Gasteiger partial charge >= 0.3 is 0 Å². The highest BCUT2D eigenvalue weighted by Gasteiger charge is 2.35. The summed E-state index contributed by atoms with van der Waals surface area (Å²) in [6, 6.07) is 15.6. The van der Waals surface area contributed by atoms with E-state index in [1.54, 1.807) is 0 Å². The number of carbonyl (C=O) groups is 1. The maximum atomic E-state index is 12.8. The summed E-state index contributed by atoms with van der Waals surface area (Å²) in [5.74, 6) is 0.316. The molecule has 4 heteroatoms. The lowest BCUT2D eigenvalue weighted by Gasteiger charge is -2.30. The first-order valence-corrected chi connectivity index (χ1v) is 9.70. The fourth-order valence-corrected chi connectivity index (χ4v) is 3.62. The van der Waals surface area contributed by atoms with Gasteiger partial charge in [-0.05, 0) is 61.6 Å². The zero-order valence-electron chi connectivity index (χ0n) is 15.7. The molecule has 0 radical (unpaired) electrons. The Morgan fingerprint density at radius 3 is 2.46 bits per heavy atom. The van der Waals surface area contributed by atoms with Gasteiger partial charge in [-0.25, -0.2) is 0 Å². The van der Waals surface area contributed by atoms with E-state index in [2.05, 4.69) is 54.3 Å². The third kappa shape index (κ3) is 5.21. The van der Waals surface area contributed by atoms with Crippen LogP contribution >= 0.6 is 12.4 Å². The van der Waals surface area contributed by atoms with Crippen LogP contribution < -0.4 is 5.73 Å². The maximum absolute atomic E-state index is 12.8. The van der Waals surface area contributed by atoms with E-state index in [-0.39, 0.29) is 18.4 Å². The van der Waals surface area contributed by atoms with Crippen molar-refractivity contribution in [1.29, 1.82) is 0 Å². The molecule has 1 unspecified atom stereocenters. The van der Waals surface area contributed by atoms with Crippen LogP contribution in [0.4, 0.5) is 0 Å². The Labute approximate surface area is 163 Å². The van der Waals surface area contributed by atoms with Crippen LogP contribution in [-0.2, 0) is 4.79 Å². The number of hydrogen-bond acceptors (Lipinski definition) is 2. The number of carbonyl (C=O) groups excluding carboxylic acids is 1. The monoisotopic (exact) mass is 374 g/mol. The molecule has 2 N–H and O–H groups in total. The molecular weight excluding hydrogens is 344 g/mol. The summed E-state index contributed by atoms with van der Waals surface area (Å²) in [5, 5.41) is 2.50. The first-order valence-electron chi connectivity index (χ1n) is 9.70. The molecule has 1 aliphatic rings. The van der Waals surface area contributed by atoms with Crippen molar-refractivity contribution in [1.82, 2.24) is 4.90 Å². The predicted octanol–water partition coefficient (Wildman–Crippen LogP) is 5.22. The fraction of sp³-hybridized carbons (Fsp3) is 0.500. The number of nitrogens with zero attached hydrogens (tertiary/aromatic N) is 1. The van der Waals surface area contributed by atoms with Crippen molar-refractivity contribution in [2.45, 2.75) is 64.0 Å². The number of hydrogen-bond donors (Lipinski definition) is 1. The van der Waals surface area contributed by atoms with E-state index >= 15 is 0 Å². The van der Waals surface area contributed by atoms with Crippen molar-refractivity contribution >= 4 is 29.1 Å². The number of halogens is 1. The Bertz CT molecular complexity index is 714. The van der Waals surface area contributed by atoms with Gasteiger partial charge in [-0.3, -0.25) is 4.79 Å². The Hall–Kier alpha value is -1.58. The van der Waals surface area contributed by atoms with Gasteiger partial charge in [-0.1, -0.05) is 49.2 Å². The van der Waals surface area contributed by atoms with E-state index in [1.807, 2.05) is 0 Å². The molecule has 142 valence electrons. The van der Waals surface area contributed by atoms with E-state index in [4.69, 9.17) is 5.73 Å². The predicted molar refractivity (Wildman–Crippen MR) is 112 cm³/mol. The third-order valence-electron chi connectivity index (χ3n) is 5.25. The molecular formula is C22H31ClN2O. The van der Waals surface area contributed by atoms with Gasteiger partial charge in [-0.2, -0.15) is 0 Å². The van der Waals surface area contributed by atoms with Crippen LogP contribution in [0.3, 0.4) is 0 Å². The van der Waals surface area contributed by atoms with Gasteiger partial charge in [-0.15, -0.1) is 12.4 Å². The Balaban J connectivity index is 0.00000243. The smallest absolute Gasteiger partial charge is 0.223 e. The SMILES string of the molecule is CC(c1ccc2ccccc2c1)N(C(=O)CCCCCCN)C1CC1.Cl. The summed E-state index contributed by atoms with van der Waals surface area (Å²) < 4.78 is 0. The van der Waals surface area contributed by atoms with Crippen LogP contribution in [0, 0.1) is 0 Å². The normalized spacial score (nSPS) is 14.7. The van der Waals surface area contributed by atoms with Crippen molar-refractivity contribution in [3.63, 3.8) is 0 Å². The molecule has 3 nitrogen and oxygen atoms in total. The molecule has 0 spiro atoms. The van der Waals surface area contributed by atoms with Gasteiger partial charge in [0.2, 0.25) is 5.91 Å². The Kier molecular flexibility index (Phi) is 7.92. The minimum atomic E-state index is 0. The largest absolute Gasteiger partial charge is 0.333 e. The quantitative estimate of drug-likeness (QED) is 0.611. The zero-order chi connectivity index (χ0) is 17.6. The summed E-state index contributed by atoms with van der Waals surface area (Å²) in [5.41, 5.74) is 6.77. The van der Waals surface area contributed by atoms with Crippen molar-refractivity contribution in [2.75, 3.05) is 6.54 Å². The average molecular weight is 375 g/mol. The standard InChI is InChI=1S/C22H30N2O.ClH/c1-17(19-12-11-18-8-5-6-9-20(18)16-19)24(21-13-14-21)22(25)10-4-2-3-7-15-23;/h5-6,8-9,11-12,16-17,21H,2-4,7,10,13-15,23H2,1H3;1H. The number of nitrogens with two attached hydrogens (primary N) is 1. The molecule has 1 atom stereocenters. The Morgan fingerprint density at radius 2 is 1.77 bits per heavy atom. The zero-order valence-corrected chi connectivity index (χ0v) is 16.5. The van der Waals surface area contributed by atoms with Crippen LogP contribution in [0.5, 0.6) is 0 Å². The molecule has 1 fully saturated rings. The van der Waals surface area contributed by atoms with Crippen molar-refractivity contribution < 1.29 is 4.79 Å². The molecule has 3 rings (SSSR count). The number of amides is 1. The second kappa shape index (κ2) is 9.94. The first kappa shape index (κ1) is 20.7. The van der Waals surface area contributed by atoms with Gasteiger partial charge in [0.15, 0.2) is 0 Å². The van der Waals surface area contributed by atoms with Crippen LogP contribution in [0.15, 0.2) is 42.5 Å². The summed E-state index contributed by atoms with van der Waals surface area (Å²) in [6.07, 6.45) is 7.24. The number of rotatable bonds is 9. The van der Waals surface area contributed by atoms with Crippen molar-refractivity contribution in [2.24, 2.45) is 5.73 Å². The summed E-state index contributed by atoms with van der Waals surface area (Å²) in [4.78, 5) is 15.0. The molecule has 2 aromatic carbocycles. The number of fused-ring (bicyclic) bond motifs is 1. The molecule has 0 bridgehead atoms. The van der Waals surface area contributed by atoms with Gasteiger partial charge in [0, 0.05) is 12.5 Å². The third-order valence-corrected chi connectivity index (χ3v) is 5.25. The van der Waals surface area contributed by atoms with E-state index in [0.717, 1.165) is 45.1 Å². The van der Waals surface area contributed by atoms with Gasteiger partial charge in [0.1, 0.15) is 0 Å². The molecule has 0 aromatic heterocycles. The van der Waals surface area contributed by atoms with Crippen LogP contribution in [0.1, 0.15) is 63.5 Å². The second-order valence-corrected chi connectivity index (χ2v) is 7.27. The van der Waals surface area contributed by atoms with Gasteiger partial charge < -0.3 is 10.6 Å². The molecule has 0 heterocycles. The molecule has 1 saturated carbocycles. The van der Waals surface area contributed by atoms with Crippen LogP contribution in [0.2, 0.25) is 0 Å². The highest BCUT2D eigenvalue weighted by Crippen LogP contribution is 2.36. The number of benzene rings is 2. The highest BCUT2D eigenvalue weighted by atomic mass is 35.5. The molecule has 26 heavy (non-hydrogen) atoms. The topological polar surface area (TPSA) is 46.3 Å². The van der Waals surface area contributed by atoms with Crippen LogP contribution in [-0.4, -0.2) is 23.4 Å². The molecule has 0 saturated heterocycles. The number of unbranched alkanes of at least 4 members (excludes halogenated alkanes) is 3. The lowest BCUT2D eigenvalue weighted by Crippen LogP contribution is -2.35. The van der Waals surface area contributed by atoms with Gasteiger partial charge in [0.25, 0.3) is 0 Å². The molecule has 0 aliphatic heterocycles. The van der Waals surface area contributed by atoms with E-state index in [9.17, 15) is 4.79 Å². The molecule has 1 aliphatic carbocycles. The van der Waals surface area contributed by atoms with E-state index < -0.39 is 0 Å². The lowest BCUT2D eigenvalue weighted by molar-refractivity contribution is -0.134. The lowest BCUT2D eigenvalue weighted by atomic mass is 10.0. The van der Waals surface area contributed by atoms with Crippen molar-refractivity contribution in [3.8, 4) is 0 Å². The molecule has 2 aromatic rings. The minimum Gasteiger partial charge on any atom is -0.333 e. The fourth-order valence-electron chi connectivity index (χ4n) is 3.62.